The minimum absolute atomic E-state index is 0.485. The number of nitrogens with one attached hydrogen (secondary N) is 1. The Kier molecular flexibility index (Phi) is 6.01. The lowest BCUT2D eigenvalue weighted by Gasteiger charge is -2.08. The number of methoxy groups -OCH3 is 1. The first-order valence-corrected chi connectivity index (χ1v) is 9.03. The number of hydrogen-bond donors (Lipinski definition) is 1. The molecule has 136 valence electrons. The van der Waals surface area contributed by atoms with Gasteiger partial charge < -0.3 is 14.5 Å². The molecule has 1 N–H and O–H groups in total. The summed E-state index contributed by atoms with van der Waals surface area (Å²) in [5.41, 5.74) is 1.61. The average Bonchev–Trinajstić information content (AvgIpc) is 3.12. The highest BCUT2D eigenvalue weighted by atomic mass is 35.5. The number of nitrogens with zero attached hydrogens (tertiary/aromatic N) is 2. The molecule has 0 radical (unpaired) electrons. The Hall–Kier alpha value is -2.24. The third-order valence-electron chi connectivity index (χ3n) is 3.83. The summed E-state index contributed by atoms with van der Waals surface area (Å²) in [7, 11) is 1.57. The Morgan fingerprint density at radius 2 is 1.81 bits per heavy atom. The molecule has 0 spiro atoms. The summed E-state index contributed by atoms with van der Waals surface area (Å²) >= 11 is 12.6. The first kappa shape index (κ1) is 18.5. The SMILES string of the molecule is CCCNc1ncc(-c2ccc(Cc3c(Cl)cc(OC)cc3Cl)o2)cn1. The van der Waals surface area contributed by atoms with Crippen molar-refractivity contribution in [2.45, 2.75) is 19.8 Å². The van der Waals surface area contributed by atoms with E-state index in [0.717, 1.165) is 29.9 Å². The molecular weight excluding hydrogens is 373 g/mol. The fraction of sp³-hybridized carbons (Fsp3) is 0.263. The van der Waals surface area contributed by atoms with E-state index in [1.54, 1.807) is 31.6 Å². The number of benzene rings is 1. The minimum Gasteiger partial charge on any atom is -0.497 e. The molecule has 0 amide bonds. The Bertz CT molecular complexity index is 856. The van der Waals surface area contributed by atoms with E-state index in [0.29, 0.717) is 33.9 Å². The lowest BCUT2D eigenvalue weighted by Crippen LogP contribution is -2.03. The maximum absolute atomic E-state index is 6.31. The number of hydrogen-bond acceptors (Lipinski definition) is 5. The van der Waals surface area contributed by atoms with Crippen LogP contribution < -0.4 is 10.1 Å². The molecule has 2 heterocycles. The van der Waals surface area contributed by atoms with Crippen LogP contribution in [0.5, 0.6) is 5.75 Å². The van der Waals surface area contributed by atoms with Crippen molar-refractivity contribution < 1.29 is 9.15 Å². The van der Waals surface area contributed by atoms with Crippen LogP contribution in [0.3, 0.4) is 0 Å². The minimum atomic E-state index is 0.485. The zero-order valence-electron chi connectivity index (χ0n) is 14.6. The highest BCUT2D eigenvalue weighted by molar-refractivity contribution is 6.36. The van der Waals surface area contributed by atoms with Gasteiger partial charge >= 0.3 is 0 Å². The Labute approximate surface area is 162 Å². The van der Waals surface area contributed by atoms with Crippen molar-refractivity contribution in [2.24, 2.45) is 0 Å². The summed E-state index contributed by atoms with van der Waals surface area (Å²) in [6.07, 6.45) is 4.98. The molecule has 0 aliphatic rings. The molecule has 1 aromatic carbocycles. The maximum Gasteiger partial charge on any atom is 0.222 e. The second-order valence-corrected chi connectivity index (χ2v) is 6.55. The van der Waals surface area contributed by atoms with Gasteiger partial charge in [-0.25, -0.2) is 9.97 Å². The summed E-state index contributed by atoms with van der Waals surface area (Å²) < 4.78 is 11.1. The molecule has 3 aromatic rings. The number of ether oxygens (including phenoxy) is 1. The number of aromatic nitrogens is 2. The molecule has 0 aliphatic carbocycles. The largest absolute Gasteiger partial charge is 0.497 e. The highest BCUT2D eigenvalue weighted by Gasteiger charge is 2.13. The highest BCUT2D eigenvalue weighted by Crippen LogP contribution is 2.33. The fourth-order valence-electron chi connectivity index (χ4n) is 2.45. The third kappa shape index (κ3) is 4.29. The smallest absolute Gasteiger partial charge is 0.222 e. The van der Waals surface area contributed by atoms with Crippen LogP contribution in [0, 0.1) is 0 Å². The van der Waals surface area contributed by atoms with Crippen LogP contribution >= 0.6 is 23.2 Å². The van der Waals surface area contributed by atoms with Crippen molar-refractivity contribution in [1.29, 1.82) is 0 Å². The van der Waals surface area contributed by atoms with Crippen molar-refractivity contribution >= 4 is 29.2 Å². The number of rotatable bonds is 7. The van der Waals surface area contributed by atoms with Gasteiger partial charge in [-0.05, 0) is 36.2 Å². The van der Waals surface area contributed by atoms with Crippen LogP contribution in [0.4, 0.5) is 5.95 Å². The molecule has 0 unspecified atom stereocenters. The van der Waals surface area contributed by atoms with E-state index in [-0.39, 0.29) is 0 Å². The molecule has 0 fully saturated rings. The van der Waals surface area contributed by atoms with Crippen LogP contribution in [-0.4, -0.2) is 23.6 Å². The molecule has 3 rings (SSSR count). The predicted octanol–water partition coefficient (Wildman–Crippen LogP) is 5.46. The Morgan fingerprint density at radius 3 is 2.42 bits per heavy atom. The molecule has 26 heavy (non-hydrogen) atoms. The van der Waals surface area contributed by atoms with Crippen LogP contribution in [0.2, 0.25) is 10.0 Å². The summed E-state index contributed by atoms with van der Waals surface area (Å²) in [5.74, 6) is 2.68. The van der Waals surface area contributed by atoms with Gasteiger partial charge in [0.15, 0.2) is 0 Å². The topological polar surface area (TPSA) is 60.2 Å². The zero-order valence-corrected chi connectivity index (χ0v) is 16.1. The molecule has 7 heteroatoms. The van der Waals surface area contributed by atoms with E-state index < -0.39 is 0 Å². The molecule has 0 atom stereocenters. The predicted molar refractivity (Wildman–Crippen MR) is 104 cm³/mol. The molecule has 5 nitrogen and oxygen atoms in total. The van der Waals surface area contributed by atoms with Crippen molar-refractivity contribution in [3.63, 3.8) is 0 Å². The monoisotopic (exact) mass is 391 g/mol. The van der Waals surface area contributed by atoms with Crippen molar-refractivity contribution in [1.82, 2.24) is 9.97 Å². The zero-order chi connectivity index (χ0) is 18.5. The van der Waals surface area contributed by atoms with Gasteiger partial charge in [-0.15, -0.1) is 0 Å². The molecule has 0 saturated carbocycles. The van der Waals surface area contributed by atoms with Gasteiger partial charge in [-0.1, -0.05) is 30.1 Å². The quantitative estimate of drug-likeness (QED) is 0.578. The van der Waals surface area contributed by atoms with E-state index in [4.69, 9.17) is 32.4 Å². The maximum atomic E-state index is 6.31. The number of anilines is 1. The van der Waals surface area contributed by atoms with Gasteiger partial charge in [-0.3, -0.25) is 0 Å². The molecule has 0 bridgehead atoms. The van der Waals surface area contributed by atoms with Crippen LogP contribution in [0.25, 0.3) is 11.3 Å². The van der Waals surface area contributed by atoms with Crippen molar-refractivity contribution in [3.05, 3.63) is 58.0 Å². The summed E-state index contributed by atoms with van der Waals surface area (Å²) in [6.45, 7) is 2.93. The van der Waals surface area contributed by atoms with Crippen molar-refractivity contribution in [2.75, 3.05) is 19.0 Å². The van der Waals surface area contributed by atoms with E-state index in [1.165, 1.54) is 0 Å². The lowest BCUT2D eigenvalue weighted by molar-refractivity contribution is 0.414. The van der Waals surface area contributed by atoms with Gasteiger partial charge in [0, 0.05) is 35.4 Å². The first-order valence-electron chi connectivity index (χ1n) is 8.27. The van der Waals surface area contributed by atoms with Gasteiger partial charge in [0.25, 0.3) is 0 Å². The molecule has 2 aromatic heterocycles. The summed E-state index contributed by atoms with van der Waals surface area (Å²) in [6, 6.07) is 7.26. The fourth-order valence-corrected chi connectivity index (χ4v) is 3.05. The van der Waals surface area contributed by atoms with E-state index in [9.17, 15) is 0 Å². The van der Waals surface area contributed by atoms with Crippen LogP contribution in [0.1, 0.15) is 24.7 Å². The van der Waals surface area contributed by atoms with E-state index in [1.807, 2.05) is 12.1 Å². The summed E-state index contributed by atoms with van der Waals surface area (Å²) in [5, 5.41) is 4.23. The van der Waals surface area contributed by atoms with Crippen LogP contribution in [0.15, 0.2) is 41.1 Å². The van der Waals surface area contributed by atoms with Gasteiger partial charge in [-0.2, -0.15) is 0 Å². The Balaban J connectivity index is 1.76. The van der Waals surface area contributed by atoms with E-state index >= 15 is 0 Å². The lowest BCUT2D eigenvalue weighted by atomic mass is 10.1. The summed E-state index contributed by atoms with van der Waals surface area (Å²) in [4.78, 5) is 8.59. The molecular formula is C19H19Cl2N3O2. The van der Waals surface area contributed by atoms with Gasteiger partial charge in [0.1, 0.15) is 17.3 Å². The average molecular weight is 392 g/mol. The standard InChI is InChI=1S/C19H19Cl2N3O2/c1-3-6-22-19-23-10-12(11-24-19)18-5-4-13(26-18)7-15-16(20)8-14(25-2)9-17(15)21/h4-5,8-11H,3,6-7H2,1-2H3,(H,22,23,24). The normalized spacial score (nSPS) is 10.8. The number of furan rings is 1. The Morgan fingerprint density at radius 1 is 1.12 bits per heavy atom. The van der Waals surface area contributed by atoms with Gasteiger partial charge in [0.2, 0.25) is 5.95 Å². The second-order valence-electron chi connectivity index (χ2n) is 5.73. The van der Waals surface area contributed by atoms with Crippen LogP contribution in [-0.2, 0) is 6.42 Å². The van der Waals surface area contributed by atoms with Gasteiger partial charge in [0.05, 0.1) is 12.7 Å². The second kappa shape index (κ2) is 8.43. The molecule has 0 saturated heterocycles. The first-order chi connectivity index (χ1) is 12.6. The van der Waals surface area contributed by atoms with Crippen molar-refractivity contribution in [3.8, 4) is 17.1 Å². The third-order valence-corrected chi connectivity index (χ3v) is 4.51. The molecule has 0 aliphatic heterocycles. The number of halogens is 2. The van der Waals surface area contributed by atoms with E-state index in [2.05, 4.69) is 22.2 Å².